The van der Waals surface area contributed by atoms with E-state index < -0.39 is 12.1 Å². The zero-order valence-electron chi connectivity index (χ0n) is 28.1. The van der Waals surface area contributed by atoms with Gasteiger partial charge in [-0.15, -0.1) is 5.06 Å². The summed E-state index contributed by atoms with van der Waals surface area (Å²) in [6.45, 7) is 8.55. The molecule has 1 atom stereocenters. The van der Waals surface area contributed by atoms with Crippen LogP contribution in [0.1, 0.15) is 42.4 Å². The number of aryl methyl sites for hydroxylation is 1. The molecule has 4 amide bonds. The van der Waals surface area contributed by atoms with Gasteiger partial charge in [-0.05, 0) is 88.0 Å². The van der Waals surface area contributed by atoms with E-state index in [4.69, 9.17) is 22.2 Å². The zero-order valence-corrected chi connectivity index (χ0v) is 28.9. The normalized spacial score (nSPS) is 21.3. The van der Waals surface area contributed by atoms with E-state index in [1.807, 2.05) is 47.1 Å². The minimum absolute atomic E-state index is 0.0447. The molecule has 12 nitrogen and oxygen atoms in total. The lowest BCUT2D eigenvalue weighted by atomic mass is 10.0. The van der Waals surface area contributed by atoms with E-state index in [0.717, 1.165) is 67.8 Å². The van der Waals surface area contributed by atoms with E-state index in [9.17, 15) is 14.4 Å². The van der Waals surface area contributed by atoms with E-state index in [1.165, 1.54) is 0 Å². The topological polar surface area (TPSA) is 127 Å². The van der Waals surface area contributed by atoms with Crippen molar-refractivity contribution in [2.75, 3.05) is 77.0 Å². The Morgan fingerprint density at radius 1 is 0.979 bits per heavy atom. The standard InChI is InChI=1S/C35H49ClN8O4/c1-24-21-25(22-29(36)32(24)37)23-31(33(45)42-19-17-41(18-20-42)27-8-12-40(2)13-9-27)39-35(47)48-43-14-10-28(11-15-43)44-16-7-26-5-3-4-6-30(26)38-34(44)46/h3-6,21-22,27-28,31H,7-20,23,37H2,1-2H3,(H,38,46)(H,39,47)/t31-/m1/s1. The number of nitrogens with one attached hydrogen (secondary N) is 2. The second-order valence-corrected chi connectivity index (χ2v) is 14.1. The second-order valence-electron chi connectivity index (χ2n) is 13.7. The van der Waals surface area contributed by atoms with Crippen molar-refractivity contribution in [3.05, 3.63) is 58.1 Å². The summed E-state index contributed by atoms with van der Waals surface area (Å²) in [6.07, 6.45) is 4.02. The molecule has 4 aliphatic heterocycles. The SMILES string of the molecule is Cc1cc(C[C@@H](NC(=O)ON2CCC(N3CCc4ccccc4NC3=O)CC2)C(=O)N2CCN(C3CCN(C)CC3)CC2)cc(Cl)c1N. The fraction of sp³-hybridized carbons (Fsp3) is 0.571. The summed E-state index contributed by atoms with van der Waals surface area (Å²) in [6, 6.07) is 11.2. The Morgan fingerprint density at radius 2 is 1.67 bits per heavy atom. The van der Waals surface area contributed by atoms with Gasteiger partial charge in [0.05, 0.1) is 10.7 Å². The lowest BCUT2D eigenvalue weighted by Crippen LogP contribution is -2.58. The fourth-order valence-electron chi connectivity index (χ4n) is 7.54. The van der Waals surface area contributed by atoms with Crippen LogP contribution in [0.4, 0.5) is 21.0 Å². The van der Waals surface area contributed by atoms with Crippen LogP contribution in [0.25, 0.3) is 0 Å². The number of hydrogen-bond acceptors (Lipinski definition) is 8. The average molecular weight is 681 g/mol. The predicted octanol–water partition coefficient (Wildman–Crippen LogP) is 3.58. The number of amides is 4. The molecule has 3 saturated heterocycles. The lowest BCUT2D eigenvalue weighted by Gasteiger charge is -2.42. The summed E-state index contributed by atoms with van der Waals surface area (Å²) in [4.78, 5) is 54.7. The van der Waals surface area contributed by atoms with Crippen molar-refractivity contribution in [3.8, 4) is 0 Å². The van der Waals surface area contributed by atoms with Crippen LogP contribution >= 0.6 is 11.6 Å². The van der Waals surface area contributed by atoms with Crippen molar-refractivity contribution in [2.24, 2.45) is 0 Å². The first-order chi connectivity index (χ1) is 23.1. The van der Waals surface area contributed by atoms with E-state index in [1.54, 1.807) is 11.1 Å². The molecule has 48 heavy (non-hydrogen) atoms. The Morgan fingerprint density at radius 3 is 2.38 bits per heavy atom. The molecule has 4 aliphatic rings. The number of nitrogens with zero attached hydrogens (tertiary/aromatic N) is 5. The number of halogens is 1. The molecule has 6 rings (SSSR count). The van der Waals surface area contributed by atoms with Gasteiger partial charge in [0.2, 0.25) is 5.91 Å². The Labute approximate surface area is 288 Å². The summed E-state index contributed by atoms with van der Waals surface area (Å²) in [7, 11) is 2.17. The van der Waals surface area contributed by atoms with Gasteiger partial charge in [-0.2, -0.15) is 0 Å². The molecule has 2 aromatic carbocycles. The average Bonchev–Trinajstić information content (AvgIpc) is 3.25. The number of likely N-dealkylation sites (tertiary alicyclic amines) is 1. The maximum absolute atomic E-state index is 14.0. The molecule has 0 radical (unpaired) electrons. The molecule has 0 aromatic heterocycles. The molecule has 4 heterocycles. The lowest BCUT2D eigenvalue weighted by molar-refractivity contribution is -0.138. The summed E-state index contributed by atoms with van der Waals surface area (Å²) in [5.74, 6) is -0.132. The minimum atomic E-state index is -0.827. The Balaban J connectivity index is 1.05. The van der Waals surface area contributed by atoms with E-state index in [-0.39, 0.29) is 24.4 Å². The van der Waals surface area contributed by atoms with Gasteiger partial charge in [-0.3, -0.25) is 9.69 Å². The number of rotatable bonds is 7. The quantitative estimate of drug-likeness (QED) is 0.379. The summed E-state index contributed by atoms with van der Waals surface area (Å²) in [5, 5.41) is 7.98. The number of nitrogen functional groups attached to an aromatic ring is 1. The fourth-order valence-corrected chi connectivity index (χ4v) is 7.83. The van der Waals surface area contributed by atoms with Crippen LogP contribution < -0.4 is 16.4 Å². The number of carbonyl (C=O) groups excluding carboxylic acids is 3. The highest BCUT2D eigenvalue weighted by molar-refractivity contribution is 6.33. The highest BCUT2D eigenvalue weighted by Crippen LogP contribution is 2.27. The number of nitrogens with two attached hydrogens (primary N) is 1. The number of benzene rings is 2. The van der Waals surface area contributed by atoms with Crippen molar-refractivity contribution in [2.45, 2.75) is 63.6 Å². The Kier molecular flexibility index (Phi) is 10.9. The number of fused-ring (bicyclic) bond motifs is 1. The number of hydrogen-bond donors (Lipinski definition) is 3. The van der Waals surface area contributed by atoms with Crippen LogP contribution in [0.15, 0.2) is 36.4 Å². The van der Waals surface area contributed by atoms with Gasteiger partial charge >= 0.3 is 12.1 Å². The highest BCUT2D eigenvalue weighted by atomic mass is 35.5. The van der Waals surface area contributed by atoms with Crippen LogP contribution in [-0.2, 0) is 22.5 Å². The molecule has 0 aliphatic carbocycles. The molecule has 0 unspecified atom stereocenters. The maximum atomic E-state index is 14.0. The number of para-hydroxylation sites is 1. The Bertz CT molecular complexity index is 1450. The number of anilines is 2. The van der Waals surface area contributed by atoms with E-state index in [2.05, 4.69) is 27.5 Å². The van der Waals surface area contributed by atoms with Crippen molar-refractivity contribution < 1.29 is 19.2 Å². The summed E-state index contributed by atoms with van der Waals surface area (Å²) < 4.78 is 0. The van der Waals surface area contributed by atoms with Crippen molar-refractivity contribution in [1.82, 2.24) is 30.0 Å². The highest BCUT2D eigenvalue weighted by Gasteiger charge is 2.34. The van der Waals surface area contributed by atoms with Gasteiger partial charge in [0.25, 0.3) is 0 Å². The monoisotopic (exact) mass is 680 g/mol. The van der Waals surface area contributed by atoms with Gasteiger partial charge in [0.1, 0.15) is 6.04 Å². The Hall–Kier alpha value is -3.58. The van der Waals surface area contributed by atoms with Crippen LogP contribution in [0, 0.1) is 6.92 Å². The van der Waals surface area contributed by atoms with Crippen molar-refractivity contribution in [1.29, 1.82) is 0 Å². The van der Waals surface area contributed by atoms with Gasteiger partial charge < -0.3 is 35.9 Å². The molecule has 260 valence electrons. The molecule has 4 N–H and O–H groups in total. The summed E-state index contributed by atoms with van der Waals surface area (Å²) >= 11 is 6.40. The molecule has 2 aromatic rings. The number of piperazine rings is 1. The van der Waals surface area contributed by atoms with E-state index in [0.29, 0.717) is 62.3 Å². The third-order valence-electron chi connectivity index (χ3n) is 10.5. The van der Waals surface area contributed by atoms with Gasteiger partial charge in [0.15, 0.2) is 0 Å². The third kappa shape index (κ3) is 8.16. The number of hydroxylamine groups is 2. The van der Waals surface area contributed by atoms with E-state index >= 15 is 0 Å². The number of carbonyl (C=O) groups is 3. The molecule has 0 spiro atoms. The first-order valence-electron chi connectivity index (χ1n) is 17.3. The van der Waals surface area contributed by atoms with Gasteiger partial charge in [-0.1, -0.05) is 35.9 Å². The van der Waals surface area contributed by atoms with Crippen LogP contribution in [0.5, 0.6) is 0 Å². The predicted molar refractivity (Wildman–Crippen MR) is 187 cm³/mol. The number of piperidine rings is 2. The molecule has 0 saturated carbocycles. The van der Waals surface area contributed by atoms with Gasteiger partial charge in [0, 0.05) is 70.0 Å². The zero-order chi connectivity index (χ0) is 33.8. The van der Waals surface area contributed by atoms with Crippen LogP contribution in [0.2, 0.25) is 5.02 Å². The van der Waals surface area contributed by atoms with Gasteiger partial charge in [-0.25, -0.2) is 9.59 Å². The van der Waals surface area contributed by atoms with Crippen LogP contribution in [0.3, 0.4) is 0 Å². The third-order valence-corrected chi connectivity index (χ3v) is 10.8. The summed E-state index contributed by atoms with van der Waals surface area (Å²) in [5.41, 5.74) is 10.2. The molecular formula is C35H49ClN8O4. The smallest absolute Gasteiger partial charge is 0.397 e. The molecule has 3 fully saturated rings. The molecule has 13 heteroatoms. The maximum Gasteiger partial charge on any atom is 0.426 e. The first-order valence-corrected chi connectivity index (χ1v) is 17.7. The number of urea groups is 1. The molecule has 0 bridgehead atoms. The van der Waals surface area contributed by atoms with Crippen molar-refractivity contribution in [3.63, 3.8) is 0 Å². The molecular weight excluding hydrogens is 632 g/mol. The largest absolute Gasteiger partial charge is 0.426 e. The minimum Gasteiger partial charge on any atom is -0.397 e. The first kappa shape index (κ1) is 34.3. The van der Waals surface area contributed by atoms with Crippen LogP contribution in [-0.4, -0.2) is 127 Å². The second kappa shape index (κ2) is 15.3. The van der Waals surface area contributed by atoms with Crippen molar-refractivity contribution >= 4 is 41.0 Å².